The van der Waals surface area contributed by atoms with E-state index in [9.17, 15) is 0 Å². The number of aryl methyl sites for hydroxylation is 2. The Morgan fingerprint density at radius 1 is 1.18 bits per heavy atom. The van der Waals surface area contributed by atoms with E-state index in [-0.39, 0.29) is 0 Å². The third-order valence-corrected chi connectivity index (χ3v) is 4.64. The second-order valence-corrected chi connectivity index (χ2v) is 5.83. The second-order valence-electron chi connectivity index (χ2n) is 5.83. The molecule has 1 N–H and O–H groups in total. The number of fused-ring (bicyclic) bond motifs is 1. The first-order valence-corrected chi connectivity index (χ1v) is 7.13. The van der Waals surface area contributed by atoms with E-state index in [1.807, 2.05) is 0 Å². The van der Waals surface area contributed by atoms with Gasteiger partial charge in [0, 0.05) is 6.04 Å². The van der Waals surface area contributed by atoms with Gasteiger partial charge in [-0.25, -0.2) is 0 Å². The standard InChI is InChI=1S/C16H23N/c1-17-16-8-6-13(11-16)9-12-5-7-14-3-2-4-15(14)10-12/h5,7,10,13,16-17H,2-4,6,8-9,11H2,1H3. The fraction of sp³-hybridized carbons (Fsp3) is 0.625. The molecule has 0 bridgehead atoms. The van der Waals surface area contributed by atoms with Crippen molar-refractivity contribution in [2.45, 2.75) is 51.0 Å². The minimum atomic E-state index is 0.773. The lowest BCUT2D eigenvalue weighted by molar-refractivity contribution is 0.510. The van der Waals surface area contributed by atoms with Gasteiger partial charge in [-0.05, 0) is 74.6 Å². The Balaban J connectivity index is 1.65. The number of rotatable bonds is 3. The molecule has 0 heterocycles. The van der Waals surface area contributed by atoms with Crippen molar-refractivity contribution in [3.05, 3.63) is 34.9 Å². The van der Waals surface area contributed by atoms with Gasteiger partial charge in [-0.2, -0.15) is 0 Å². The average Bonchev–Trinajstić information content (AvgIpc) is 2.96. The summed E-state index contributed by atoms with van der Waals surface area (Å²) in [6, 6.07) is 8.00. The molecular weight excluding hydrogens is 206 g/mol. The zero-order valence-corrected chi connectivity index (χ0v) is 10.8. The molecule has 3 rings (SSSR count). The summed E-state index contributed by atoms with van der Waals surface area (Å²) in [5.41, 5.74) is 4.81. The molecule has 17 heavy (non-hydrogen) atoms. The zero-order chi connectivity index (χ0) is 11.7. The first-order valence-electron chi connectivity index (χ1n) is 7.13. The molecule has 0 radical (unpaired) electrons. The maximum atomic E-state index is 3.42. The minimum absolute atomic E-state index is 0.773. The summed E-state index contributed by atoms with van der Waals surface area (Å²) in [7, 11) is 2.10. The highest BCUT2D eigenvalue weighted by molar-refractivity contribution is 5.35. The summed E-state index contributed by atoms with van der Waals surface area (Å²) in [6.07, 6.45) is 9.42. The van der Waals surface area contributed by atoms with Crippen molar-refractivity contribution in [3.63, 3.8) is 0 Å². The fourth-order valence-electron chi connectivity index (χ4n) is 3.61. The molecule has 0 aliphatic heterocycles. The van der Waals surface area contributed by atoms with Crippen molar-refractivity contribution in [2.24, 2.45) is 5.92 Å². The summed E-state index contributed by atoms with van der Waals surface area (Å²) in [6.45, 7) is 0. The van der Waals surface area contributed by atoms with Gasteiger partial charge in [0.05, 0.1) is 0 Å². The van der Waals surface area contributed by atoms with Crippen molar-refractivity contribution >= 4 is 0 Å². The molecule has 1 saturated carbocycles. The third kappa shape index (κ3) is 2.40. The predicted molar refractivity (Wildman–Crippen MR) is 72.4 cm³/mol. The molecule has 1 heteroatoms. The molecule has 1 aromatic rings. The van der Waals surface area contributed by atoms with Crippen LogP contribution in [0.2, 0.25) is 0 Å². The van der Waals surface area contributed by atoms with Crippen LogP contribution >= 0.6 is 0 Å². The number of hydrogen-bond donors (Lipinski definition) is 1. The van der Waals surface area contributed by atoms with Gasteiger partial charge in [-0.1, -0.05) is 18.2 Å². The molecular formula is C16H23N. The molecule has 92 valence electrons. The van der Waals surface area contributed by atoms with Gasteiger partial charge >= 0.3 is 0 Å². The topological polar surface area (TPSA) is 12.0 Å². The van der Waals surface area contributed by atoms with Crippen molar-refractivity contribution < 1.29 is 0 Å². The maximum Gasteiger partial charge on any atom is 0.00669 e. The molecule has 1 nitrogen and oxygen atoms in total. The van der Waals surface area contributed by atoms with Crippen LogP contribution in [-0.2, 0) is 19.3 Å². The fourth-order valence-corrected chi connectivity index (χ4v) is 3.61. The molecule has 0 aromatic heterocycles. The molecule has 2 unspecified atom stereocenters. The lowest BCUT2D eigenvalue weighted by Crippen LogP contribution is -2.21. The monoisotopic (exact) mass is 229 g/mol. The van der Waals surface area contributed by atoms with E-state index in [1.165, 1.54) is 44.9 Å². The summed E-state index contributed by atoms with van der Waals surface area (Å²) >= 11 is 0. The van der Waals surface area contributed by atoms with Gasteiger partial charge in [0.15, 0.2) is 0 Å². The van der Waals surface area contributed by atoms with Crippen LogP contribution in [0, 0.1) is 5.92 Å². The molecule has 2 aliphatic carbocycles. The third-order valence-electron chi connectivity index (χ3n) is 4.64. The first kappa shape index (κ1) is 11.3. The van der Waals surface area contributed by atoms with Gasteiger partial charge in [-0.3, -0.25) is 0 Å². The highest BCUT2D eigenvalue weighted by Gasteiger charge is 2.23. The van der Waals surface area contributed by atoms with Crippen LogP contribution in [0.3, 0.4) is 0 Å². The maximum absolute atomic E-state index is 3.42. The van der Waals surface area contributed by atoms with Crippen molar-refractivity contribution in [1.82, 2.24) is 5.32 Å². The van der Waals surface area contributed by atoms with Crippen LogP contribution in [0.5, 0.6) is 0 Å². The van der Waals surface area contributed by atoms with Gasteiger partial charge in [-0.15, -0.1) is 0 Å². The highest BCUT2D eigenvalue weighted by atomic mass is 14.9. The molecule has 1 aromatic carbocycles. The van der Waals surface area contributed by atoms with Gasteiger partial charge in [0.2, 0.25) is 0 Å². The zero-order valence-electron chi connectivity index (χ0n) is 10.8. The lowest BCUT2D eigenvalue weighted by atomic mass is 9.95. The van der Waals surface area contributed by atoms with Crippen molar-refractivity contribution in [1.29, 1.82) is 0 Å². The SMILES string of the molecule is CNC1CCC(Cc2ccc3c(c2)CCC3)C1. The Bertz CT molecular complexity index is 397. The Hall–Kier alpha value is -0.820. The molecule has 0 amide bonds. The molecule has 2 atom stereocenters. The average molecular weight is 229 g/mol. The number of nitrogens with one attached hydrogen (secondary N) is 1. The Kier molecular flexibility index (Phi) is 3.19. The molecule has 0 saturated heterocycles. The Morgan fingerprint density at radius 2 is 2.06 bits per heavy atom. The van der Waals surface area contributed by atoms with E-state index in [4.69, 9.17) is 0 Å². The van der Waals surface area contributed by atoms with Gasteiger partial charge in [0.25, 0.3) is 0 Å². The highest BCUT2D eigenvalue weighted by Crippen LogP contribution is 2.30. The van der Waals surface area contributed by atoms with Crippen LogP contribution in [0.25, 0.3) is 0 Å². The lowest BCUT2D eigenvalue weighted by Gasteiger charge is -2.12. The van der Waals surface area contributed by atoms with E-state index >= 15 is 0 Å². The second kappa shape index (κ2) is 4.81. The molecule has 0 spiro atoms. The Labute approximate surface area is 105 Å². The molecule has 1 fully saturated rings. The quantitative estimate of drug-likeness (QED) is 0.840. The summed E-state index contributed by atoms with van der Waals surface area (Å²) in [5.74, 6) is 0.909. The van der Waals surface area contributed by atoms with Crippen LogP contribution < -0.4 is 5.32 Å². The van der Waals surface area contributed by atoms with E-state index in [0.717, 1.165) is 12.0 Å². The summed E-state index contributed by atoms with van der Waals surface area (Å²) < 4.78 is 0. The van der Waals surface area contributed by atoms with Gasteiger partial charge in [0.1, 0.15) is 0 Å². The number of hydrogen-bond acceptors (Lipinski definition) is 1. The number of benzene rings is 1. The Morgan fingerprint density at radius 3 is 2.88 bits per heavy atom. The van der Waals surface area contributed by atoms with Crippen LogP contribution in [0.4, 0.5) is 0 Å². The van der Waals surface area contributed by atoms with Crippen molar-refractivity contribution in [3.8, 4) is 0 Å². The first-order chi connectivity index (χ1) is 8.35. The van der Waals surface area contributed by atoms with Gasteiger partial charge < -0.3 is 5.32 Å². The normalized spacial score (nSPS) is 27.4. The van der Waals surface area contributed by atoms with E-state index in [2.05, 4.69) is 30.6 Å². The summed E-state index contributed by atoms with van der Waals surface area (Å²) in [5, 5.41) is 3.42. The smallest absolute Gasteiger partial charge is 0.00669 e. The van der Waals surface area contributed by atoms with Crippen molar-refractivity contribution in [2.75, 3.05) is 7.05 Å². The minimum Gasteiger partial charge on any atom is -0.317 e. The predicted octanol–water partition coefficient (Wildman–Crippen LogP) is 3.11. The van der Waals surface area contributed by atoms with Crippen LogP contribution in [-0.4, -0.2) is 13.1 Å². The van der Waals surface area contributed by atoms with Crippen LogP contribution in [0.15, 0.2) is 18.2 Å². The van der Waals surface area contributed by atoms with Crippen LogP contribution in [0.1, 0.15) is 42.4 Å². The molecule has 2 aliphatic rings. The largest absolute Gasteiger partial charge is 0.317 e. The van der Waals surface area contributed by atoms with E-state index in [1.54, 1.807) is 16.7 Å². The van der Waals surface area contributed by atoms with E-state index in [0.29, 0.717) is 0 Å². The van der Waals surface area contributed by atoms with E-state index < -0.39 is 0 Å². The summed E-state index contributed by atoms with van der Waals surface area (Å²) in [4.78, 5) is 0.